The van der Waals surface area contributed by atoms with Gasteiger partial charge in [-0.2, -0.15) is 0 Å². The summed E-state index contributed by atoms with van der Waals surface area (Å²) < 4.78 is 18.6. The van der Waals surface area contributed by atoms with Gasteiger partial charge in [-0.3, -0.25) is 4.79 Å². The van der Waals surface area contributed by atoms with Gasteiger partial charge in [-0.05, 0) is 55.0 Å². The molecule has 0 spiro atoms. The molecule has 4 rings (SSSR count). The molecule has 0 radical (unpaired) electrons. The third-order valence-corrected chi connectivity index (χ3v) is 6.92. The first-order valence-electron chi connectivity index (χ1n) is 11.6. The van der Waals surface area contributed by atoms with E-state index in [-0.39, 0.29) is 24.8 Å². The van der Waals surface area contributed by atoms with E-state index < -0.39 is 12.0 Å². The van der Waals surface area contributed by atoms with Gasteiger partial charge >= 0.3 is 5.97 Å². The first-order valence-corrected chi connectivity index (χ1v) is 12.5. The molecule has 36 heavy (non-hydrogen) atoms. The van der Waals surface area contributed by atoms with Crippen molar-refractivity contribution >= 4 is 28.8 Å². The molecule has 0 saturated carbocycles. The lowest BCUT2D eigenvalue weighted by atomic mass is 9.90. The normalized spacial score (nSPS) is 16.8. The van der Waals surface area contributed by atoms with Crippen molar-refractivity contribution in [3.63, 3.8) is 0 Å². The molecule has 8 heteroatoms. The molecule has 2 aromatic rings. The van der Waals surface area contributed by atoms with E-state index in [1.807, 2.05) is 36.3 Å². The van der Waals surface area contributed by atoms with Gasteiger partial charge in [0.25, 0.3) is 0 Å². The van der Waals surface area contributed by atoms with Crippen LogP contribution in [0, 0.1) is 19.7 Å². The number of nitrogens with zero attached hydrogens (tertiary/aromatic N) is 2. The fourth-order valence-corrected chi connectivity index (χ4v) is 5.19. The summed E-state index contributed by atoms with van der Waals surface area (Å²) in [7, 11) is 0. The number of hydrogen-bond donors (Lipinski definition) is 1. The van der Waals surface area contributed by atoms with Crippen LogP contribution in [0.25, 0.3) is 0 Å². The second-order valence-electron chi connectivity index (χ2n) is 8.72. The Labute approximate surface area is 214 Å². The number of halogens is 1. The van der Waals surface area contributed by atoms with E-state index in [1.165, 1.54) is 30.0 Å². The Hall–Kier alpha value is -3.65. The van der Waals surface area contributed by atoms with E-state index in [4.69, 9.17) is 4.74 Å². The van der Waals surface area contributed by atoms with Crippen LogP contribution in [-0.2, 0) is 20.9 Å². The summed E-state index contributed by atoms with van der Waals surface area (Å²) in [4.78, 5) is 32.7. The van der Waals surface area contributed by atoms with Crippen molar-refractivity contribution in [2.75, 3.05) is 6.61 Å². The van der Waals surface area contributed by atoms with Gasteiger partial charge in [-0.15, -0.1) is 0 Å². The van der Waals surface area contributed by atoms with Crippen LogP contribution in [-0.4, -0.2) is 28.6 Å². The highest BCUT2D eigenvalue weighted by atomic mass is 32.2. The summed E-state index contributed by atoms with van der Waals surface area (Å²) in [5, 5.41) is 5.50. The van der Waals surface area contributed by atoms with Crippen molar-refractivity contribution in [1.29, 1.82) is 0 Å². The van der Waals surface area contributed by atoms with Crippen molar-refractivity contribution < 1.29 is 18.7 Å². The zero-order chi connectivity index (χ0) is 25.8. The lowest BCUT2D eigenvalue weighted by Gasteiger charge is -2.37. The minimum Gasteiger partial charge on any atom is -0.458 e. The molecule has 0 bridgehead atoms. The van der Waals surface area contributed by atoms with E-state index in [2.05, 4.69) is 23.0 Å². The summed E-state index contributed by atoms with van der Waals surface area (Å²) in [5.41, 5.74) is 5.60. The number of aliphatic imine (C=N–C) groups is 1. The van der Waals surface area contributed by atoms with Crippen LogP contribution in [0.2, 0.25) is 0 Å². The lowest BCUT2D eigenvalue weighted by molar-refractivity contribution is -0.138. The van der Waals surface area contributed by atoms with Crippen LogP contribution in [0.15, 0.2) is 82.5 Å². The maximum atomic E-state index is 13.2. The number of carbonyl (C=O) groups is 2. The molecule has 1 N–H and O–H groups in total. The van der Waals surface area contributed by atoms with Crippen LogP contribution in [0.5, 0.6) is 0 Å². The number of amides is 1. The molecule has 2 aliphatic rings. The van der Waals surface area contributed by atoms with Gasteiger partial charge in [0.05, 0.1) is 23.7 Å². The summed E-state index contributed by atoms with van der Waals surface area (Å²) >= 11 is 1.43. The van der Waals surface area contributed by atoms with Crippen LogP contribution >= 0.6 is 11.8 Å². The number of allylic oxidation sites excluding steroid dienone is 1. The number of rotatable bonds is 8. The number of nitrogens with one attached hydrogen (secondary N) is 1. The standard InChI is InChI=1S/C28H28FN3O3S/c1-5-12-35-27(34)25-19(4)31-28-32(26(25)23-13-17(2)6-7-18(23)3)22(16-36-28)14-24(33)30-15-20-8-10-21(29)11-9-20/h5-11,13,16,26H,1,12,14-15H2,2-4H3,(H,30,33)/t26-/m0/s1. The van der Waals surface area contributed by atoms with Gasteiger partial charge in [0.2, 0.25) is 5.91 Å². The number of fused-ring (bicyclic) bond motifs is 1. The van der Waals surface area contributed by atoms with Crippen molar-refractivity contribution in [2.24, 2.45) is 4.99 Å². The Morgan fingerprint density at radius 2 is 1.94 bits per heavy atom. The lowest BCUT2D eigenvalue weighted by Crippen LogP contribution is -2.38. The molecule has 2 heterocycles. The first-order chi connectivity index (χ1) is 17.3. The molecule has 0 fully saturated rings. The molecule has 0 saturated heterocycles. The van der Waals surface area contributed by atoms with Gasteiger partial charge in [-0.1, -0.05) is 60.3 Å². The first kappa shape index (κ1) is 25.4. The van der Waals surface area contributed by atoms with Gasteiger partial charge in [0.1, 0.15) is 12.4 Å². The molecule has 1 amide bonds. The smallest absolute Gasteiger partial charge is 0.338 e. The third-order valence-electron chi connectivity index (χ3n) is 6.03. The number of thioether (sulfide) groups is 1. The predicted molar refractivity (Wildman–Crippen MR) is 140 cm³/mol. The third kappa shape index (κ3) is 5.44. The van der Waals surface area contributed by atoms with Gasteiger partial charge < -0.3 is 15.0 Å². The molecular formula is C28H28FN3O3S. The largest absolute Gasteiger partial charge is 0.458 e. The van der Waals surface area contributed by atoms with Crippen LogP contribution in [0.4, 0.5) is 4.39 Å². The zero-order valence-electron chi connectivity index (χ0n) is 20.5. The Morgan fingerprint density at radius 1 is 1.19 bits per heavy atom. The Kier molecular flexibility index (Phi) is 7.74. The molecule has 186 valence electrons. The zero-order valence-corrected chi connectivity index (χ0v) is 21.3. The number of amidine groups is 1. The van der Waals surface area contributed by atoms with Gasteiger partial charge in [0, 0.05) is 12.2 Å². The monoisotopic (exact) mass is 505 g/mol. The fourth-order valence-electron chi connectivity index (χ4n) is 4.22. The minimum absolute atomic E-state index is 0.0922. The highest BCUT2D eigenvalue weighted by Gasteiger charge is 2.41. The highest BCUT2D eigenvalue weighted by Crippen LogP contribution is 2.45. The fraction of sp³-hybridized carbons (Fsp3) is 0.250. The van der Waals surface area contributed by atoms with E-state index in [9.17, 15) is 14.0 Å². The molecule has 2 aliphatic heterocycles. The molecule has 0 unspecified atom stereocenters. The Bertz CT molecular complexity index is 1300. The topological polar surface area (TPSA) is 71.0 Å². The summed E-state index contributed by atoms with van der Waals surface area (Å²) in [6, 6.07) is 11.6. The van der Waals surface area contributed by atoms with Crippen LogP contribution < -0.4 is 5.32 Å². The Morgan fingerprint density at radius 3 is 2.67 bits per heavy atom. The molecule has 0 aliphatic carbocycles. The summed E-state index contributed by atoms with van der Waals surface area (Å²) in [6.45, 7) is 9.83. The number of benzene rings is 2. The van der Waals surface area contributed by atoms with E-state index in [1.54, 1.807) is 19.1 Å². The predicted octanol–water partition coefficient (Wildman–Crippen LogP) is 5.45. The number of hydrogen-bond acceptors (Lipinski definition) is 6. The number of esters is 1. The van der Waals surface area contributed by atoms with Gasteiger partial charge in [0.15, 0.2) is 5.17 Å². The molecule has 0 aromatic heterocycles. The summed E-state index contributed by atoms with van der Waals surface area (Å²) in [6.07, 6.45) is 1.63. The van der Waals surface area contributed by atoms with Crippen molar-refractivity contribution in [1.82, 2.24) is 10.2 Å². The number of ether oxygens (including phenoxy) is 1. The SMILES string of the molecule is C=CCOC(=O)C1=C(C)N=C2SC=C(CC(=O)NCc3ccc(F)cc3)N2[C@H]1c1cc(C)ccc1C. The average molecular weight is 506 g/mol. The number of carbonyl (C=O) groups excluding carboxylic acids is 2. The number of aryl methyl sites for hydroxylation is 2. The van der Waals surface area contributed by atoms with E-state index in [0.717, 1.165) is 28.0 Å². The van der Waals surface area contributed by atoms with Crippen LogP contribution in [0.1, 0.15) is 41.6 Å². The highest BCUT2D eigenvalue weighted by molar-refractivity contribution is 8.16. The Balaban J connectivity index is 1.63. The van der Waals surface area contributed by atoms with Crippen molar-refractivity contribution in [3.05, 3.63) is 106 Å². The quantitative estimate of drug-likeness (QED) is 0.381. The van der Waals surface area contributed by atoms with Crippen LogP contribution in [0.3, 0.4) is 0 Å². The molecule has 6 nitrogen and oxygen atoms in total. The maximum absolute atomic E-state index is 13.2. The summed E-state index contributed by atoms with van der Waals surface area (Å²) in [5.74, 6) is -0.967. The van der Waals surface area contributed by atoms with Gasteiger partial charge in [-0.25, -0.2) is 14.2 Å². The van der Waals surface area contributed by atoms with Crippen molar-refractivity contribution in [2.45, 2.75) is 39.8 Å². The maximum Gasteiger partial charge on any atom is 0.338 e. The molecule has 2 aromatic carbocycles. The van der Waals surface area contributed by atoms with E-state index >= 15 is 0 Å². The van der Waals surface area contributed by atoms with E-state index in [0.29, 0.717) is 23.0 Å². The van der Waals surface area contributed by atoms with Crippen molar-refractivity contribution in [3.8, 4) is 0 Å². The minimum atomic E-state index is -0.485. The molecule has 1 atom stereocenters. The second kappa shape index (κ2) is 11.0. The molecular weight excluding hydrogens is 477 g/mol. The average Bonchev–Trinajstić information content (AvgIpc) is 3.24. The second-order valence-corrected chi connectivity index (χ2v) is 9.56.